The Morgan fingerprint density at radius 1 is 1.00 bits per heavy atom. The predicted molar refractivity (Wildman–Crippen MR) is 108 cm³/mol. The minimum absolute atomic E-state index is 0.228. The first-order valence-electron chi connectivity index (χ1n) is 8.97. The largest absolute Gasteiger partial charge is 0.368 e. The van der Waals surface area contributed by atoms with Gasteiger partial charge in [0.05, 0.1) is 6.04 Å². The molecule has 0 spiro atoms. The number of aryl methyl sites for hydroxylation is 1. The Kier molecular flexibility index (Phi) is 6.08. The molecule has 2 N–H and O–H groups in total. The second kappa shape index (κ2) is 8.53. The third kappa shape index (κ3) is 4.51. The number of carbonyl (C=O) groups is 2. The summed E-state index contributed by atoms with van der Waals surface area (Å²) in [5, 5.41) is 0. The summed E-state index contributed by atoms with van der Waals surface area (Å²) in [6, 6.07) is 13.1. The average molecular weight is 414 g/mol. The molecule has 0 aliphatic carbocycles. The van der Waals surface area contributed by atoms with Gasteiger partial charge in [-0.3, -0.25) is 9.59 Å². The van der Waals surface area contributed by atoms with Crippen molar-refractivity contribution in [3.8, 4) is 0 Å². The molecule has 29 heavy (non-hydrogen) atoms. The smallest absolute Gasteiger partial charge is 0.255 e. The Balaban J connectivity index is 2.14. The third-order valence-electron chi connectivity index (χ3n) is 4.62. The number of hydrogen-bond donors (Lipinski definition) is 1. The fourth-order valence-electron chi connectivity index (χ4n) is 3.24. The third-order valence-corrected chi connectivity index (χ3v) is 5.67. The Labute approximate surface area is 171 Å². The van der Waals surface area contributed by atoms with Crippen LogP contribution in [0, 0.1) is 18.6 Å². The van der Waals surface area contributed by atoms with E-state index in [2.05, 4.69) is 0 Å². The first kappa shape index (κ1) is 20.7. The van der Waals surface area contributed by atoms with E-state index in [1.54, 1.807) is 43.3 Å². The zero-order valence-corrected chi connectivity index (χ0v) is 16.7. The minimum atomic E-state index is -1.08. The van der Waals surface area contributed by atoms with Gasteiger partial charge in [0.2, 0.25) is 5.91 Å². The number of nitrogens with two attached hydrogens (primary N) is 1. The maximum absolute atomic E-state index is 13.8. The molecule has 2 atom stereocenters. The van der Waals surface area contributed by atoms with Crippen LogP contribution in [-0.2, 0) is 4.79 Å². The maximum Gasteiger partial charge on any atom is 0.255 e. The lowest BCUT2D eigenvalue weighted by Crippen LogP contribution is -2.43. The van der Waals surface area contributed by atoms with Crippen LogP contribution in [0.4, 0.5) is 8.78 Å². The van der Waals surface area contributed by atoms with E-state index in [-0.39, 0.29) is 5.56 Å². The normalized spacial score (nSPS) is 13.0. The standard InChI is InChI=1S/C22H20F2N2O2S/c1-13-8-9-19(29-13)20(21(25)27)26(22(28)15-6-4-3-5-7-15)14(2)16-10-17(23)12-18(24)11-16/h3-12,14,20H,1-2H3,(H2,25,27)/t14-,20+/m1/s1. The Morgan fingerprint density at radius 3 is 2.14 bits per heavy atom. The van der Waals surface area contributed by atoms with Gasteiger partial charge >= 0.3 is 0 Å². The summed E-state index contributed by atoms with van der Waals surface area (Å²) < 4.78 is 27.7. The van der Waals surface area contributed by atoms with Crippen molar-refractivity contribution in [2.75, 3.05) is 0 Å². The van der Waals surface area contributed by atoms with Crippen molar-refractivity contribution in [1.29, 1.82) is 0 Å². The number of rotatable bonds is 6. The van der Waals surface area contributed by atoms with Crippen LogP contribution in [-0.4, -0.2) is 16.7 Å². The molecule has 7 heteroatoms. The van der Waals surface area contributed by atoms with Crippen LogP contribution in [0.3, 0.4) is 0 Å². The van der Waals surface area contributed by atoms with Crippen molar-refractivity contribution in [2.24, 2.45) is 5.73 Å². The molecule has 0 radical (unpaired) electrons. The second-order valence-electron chi connectivity index (χ2n) is 6.71. The van der Waals surface area contributed by atoms with Gasteiger partial charge in [-0.1, -0.05) is 18.2 Å². The number of amides is 2. The van der Waals surface area contributed by atoms with E-state index in [0.717, 1.165) is 23.1 Å². The molecule has 0 saturated heterocycles. The SMILES string of the molecule is Cc1ccc([C@@H](C(N)=O)N(C(=O)c2ccccc2)[C@H](C)c2cc(F)cc(F)c2)s1. The summed E-state index contributed by atoms with van der Waals surface area (Å²) in [6.07, 6.45) is 0. The van der Waals surface area contributed by atoms with Crippen molar-refractivity contribution in [3.05, 3.63) is 93.2 Å². The second-order valence-corrected chi connectivity index (χ2v) is 8.03. The minimum Gasteiger partial charge on any atom is -0.368 e. The molecule has 2 aromatic carbocycles. The highest BCUT2D eigenvalue weighted by atomic mass is 32.1. The van der Waals surface area contributed by atoms with Gasteiger partial charge < -0.3 is 10.6 Å². The van der Waals surface area contributed by atoms with E-state index in [1.165, 1.54) is 16.2 Å². The van der Waals surface area contributed by atoms with Gasteiger partial charge in [0.1, 0.15) is 17.7 Å². The lowest BCUT2D eigenvalue weighted by Gasteiger charge is -2.35. The number of carbonyl (C=O) groups excluding carboxylic acids is 2. The van der Waals surface area contributed by atoms with Gasteiger partial charge in [-0.2, -0.15) is 0 Å². The number of thiophene rings is 1. The highest BCUT2D eigenvalue weighted by Crippen LogP contribution is 2.35. The maximum atomic E-state index is 13.8. The van der Waals surface area contributed by atoms with E-state index >= 15 is 0 Å². The molecule has 4 nitrogen and oxygen atoms in total. The fraction of sp³-hybridized carbons (Fsp3) is 0.182. The molecule has 3 rings (SSSR count). The molecule has 0 saturated carbocycles. The Morgan fingerprint density at radius 2 is 1.62 bits per heavy atom. The van der Waals surface area contributed by atoms with Crippen LogP contribution < -0.4 is 5.73 Å². The van der Waals surface area contributed by atoms with Gasteiger partial charge in [-0.15, -0.1) is 11.3 Å². The van der Waals surface area contributed by atoms with Crippen LogP contribution in [0.2, 0.25) is 0 Å². The zero-order chi connectivity index (χ0) is 21.1. The van der Waals surface area contributed by atoms with E-state index in [9.17, 15) is 18.4 Å². The first-order chi connectivity index (χ1) is 13.8. The summed E-state index contributed by atoms with van der Waals surface area (Å²) >= 11 is 1.34. The molecule has 0 aliphatic heterocycles. The molecule has 0 bridgehead atoms. The van der Waals surface area contributed by atoms with E-state index < -0.39 is 35.5 Å². The van der Waals surface area contributed by atoms with Crippen LogP contribution in [0.1, 0.15) is 44.7 Å². The molecule has 1 heterocycles. The highest BCUT2D eigenvalue weighted by Gasteiger charge is 2.35. The van der Waals surface area contributed by atoms with Crippen molar-refractivity contribution in [3.63, 3.8) is 0 Å². The number of primary amides is 1. The van der Waals surface area contributed by atoms with E-state index in [1.807, 2.05) is 13.0 Å². The molecule has 3 aromatic rings. The quantitative estimate of drug-likeness (QED) is 0.632. The summed E-state index contributed by atoms with van der Waals surface area (Å²) in [4.78, 5) is 28.7. The topological polar surface area (TPSA) is 63.4 Å². The molecule has 0 unspecified atom stereocenters. The molecule has 1 aromatic heterocycles. The number of hydrogen-bond acceptors (Lipinski definition) is 3. The van der Waals surface area contributed by atoms with Crippen molar-refractivity contribution in [1.82, 2.24) is 4.90 Å². The lowest BCUT2D eigenvalue weighted by molar-refractivity contribution is -0.123. The van der Waals surface area contributed by atoms with Crippen molar-refractivity contribution in [2.45, 2.75) is 25.9 Å². The molecular weight excluding hydrogens is 394 g/mol. The van der Waals surface area contributed by atoms with Crippen LogP contribution in [0.25, 0.3) is 0 Å². The average Bonchev–Trinajstić information content (AvgIpc) is 3.10. The van der Waals surface area contributed by atoms with Crippen LogP contribution in [0.5, 0.6) is 0 Å². The van der Waals surface area contributed by atoms with Crippen molar-refractivity contribution < 1.29 is 18.4 Å². The summed E-state index contributed by atoms with van der Waals surface area (Å²) in [5.41, 5.74) is 6.27. The van der Waals surface area contributed by atoms with Gasteiger partial charge in [-0.05, 0) is 55.8 Å². The first-order valence-corrected chi connectivity index (χ1v) is 9.79. The van der Waals surface area contributed by atoms with Gasteiger partial charge in [0.25, 0.3) is 5.91 Å². The van der Waals surface area contributed by atoms with Crippen molar-refractivity contribution >= 4 is 23.2 Å². The Bertz CT molecular complexity index is 1020. The monoisotopic (exact) mass is 414 g/mol. The molecule has 0 fully saturated rings. The zero-order valence-electron chi connectivity index (χ0n) is 15.9. The molecular formula is C22H20F2N2O2S. The van der Waals surface area contributed by atoms with E-state index in [0.29, 0.717) is 10.4 Å². The summed E-state index contributed by atoms with van der Waals surface area (Å²) in [5.74, 6) is -2.71. The summed E-state index contributed by atoms with van der Waals surface area (Å²) in [6.45, 7) is 3.49. The predicted octanol–water partition coefficient (Wildman–Crippen LogP) is 4.76. The molecule has 2 amide bonds. The van der Waals surface area contributed by atoms with Gasteiger partial charge in [-0.25, -0.2) is 8.78 Å². The number of benzene rings is 2. The number of nitrogens with zero attached hydrogens (tertiary/aromatic N) is 1. The number of halogens is 2. The molecule has 150 valence electrons. The fourth-order valence-corrected chi connectivity index (χ4v) is 4.22. The van der Waals surface area contributed by atoms with Gasteiger partial charge in [0.15, 0.2) is 0 Å². The highest BCUT2D eigenvalue weighted by molar-refractivity contribution is 7.12. The summed E-state index contributed by atoms with van der Waals surface area (Å²) in [7, 11) is 0. The Hall–Kier alpha value is -3.06. The molecule has 0 aliphatic rings. The van der Waals surface area contributed by atoms with Crippen LogP contribution in [0.15, 0.2) is 60.7 Å². The van der Waals surface area contributed by atoms with Crippen LogP contribution >= 0.6 is 11.3 Å². The lowest BCUT2D eigenvalue weighted by atomic mass is 10.0. The van der Waals surface area contributed by atoms with E-state index in [4.69, 9.17) is 5.73 Å². The van der Waals surface area contributed by atoms with Gasteiger partial charge in [0, 0.05) is 21.4 Å².